The van der Waals surface area contributed by atoms with E-state index in [0.717, 1.165) is 0 Å². The maximum Gasteiger partial charge on any atom is 0.511 e. The number of carbonyl (C=O) groups excluding carboxylic acids is 2. The van der Waals surface area contributed by atoms with Crippen LogP contribution >= 0.6 is 0 Å². The minimum Gasteiger partial charge on any atom is -0.431 e. The molecule has 0 amide bonds. The Morgan fingerprint density at radius 1 is 1.44 bits per heavy atom. The fraction of sp³-hybridized carbons (Fsp3) is 0.438. The molecule has 2 aromatic rings. The number of ether oxygens (including phenoxy) is 4. The van der Waals surface area contributed by atoms with E-state index in [4.69, 9.17) is 15.2 Å². The summed E-state index contributed by atoms with van der Waals surface area (Å²) in [5.41, 5.74) is 5.67. The minimum absolute atomic E-state index is 0.108. The third kappa shape index (κ3) is 3.75. The summed E-state index contributed by atoms with van der Waals surface area (Å²) in [7, 11) is 0. The summed E-state index contributed by atoms with van der Waals surface area (Å²) in [5, 5.41) is 13.9. The van der Waals surface area contributed by atoms with Crippen LogP contribution in [0.5, 0.6) is 0 Å². The van der Waals surface area contributed by atoms with Crippen LogP contribution in [-0.4, -0.2) is 46.2 Å². The van der Waals surface area contributed by atoms with Gasteiger partial charge in [0.25, 0.3) is 0 Å². The summed E-state index contributed by atoms with van der Waals surface area (Å²) in [5.74, 6) is -0.289. The zero-order valence-electron chi connectivity index (χ0n) is 14.5. The Morgan fingerprint density at radius 3 is 3.00 bits per heavy atom. The number of nitrogens with zero attached hydrogens (tertiary/aromatic N) is 4. The van der Waals surface area contributed by atoms with E-state index in [1.807, 2.05) is 0 Å². The fourth-order valence-electron chi connectivity index (χ4n) is 2.83. The summed E-state index contributed by atoms with van der Waals surface area (Å²) in [6.07, 6.45) is 0.666. The lowest BCUT2D eigenvalue weighted by molar-refractivity contribution is -0.151. The molecule has 1 aliphatic rings. The smallest absolute Gasteiger partial charge is 0.431 e. The second kappa shape index (κ2) is 7.46. The van der Waals surface area contributed by atoms with E-state index in [-0.39, 0.29) is 12.4 Å². The zero-order chi connectivity index (χ0) is 19.4. The van der Waals surface area contributed by atoms with E-state index in [1.165, 1.54) is 17.8 Å². The summed E-state index contributed by atoms with van der Waals surface area (Å²) in [4.78, 5) is 26.0. The van der Waals surface area contributed by atoms with Crippen molar-refractivity contribution in [2.75, 3.05) is 19.1 Å². The average molecular weight is 375 g/mol. The highest BCUT2D eigenvalue weighted by molar-refractivity contribution is 5.66. The van der Waals surface area contributed by atoms with E-state index in [9.17, 15) is 14.9 Å². The number of hydrogen-bond donors (Lipinski definition) is 1. The molecular weight excluding hydrogens is 358 g/mol. The van der Waals surface area contributed by atoms with Crippen LogP contribution in [0.25, 0.3) is 5.52 Å². The highest BCUT2D eigenvalue weighted by Gasteiger charge is 2.45. The summed E-state index contributed by atoms with van der Waals surface area (Å²) in [6.45, 7) is 0.550. The molecule has 27 heavy (non-hydrogen) atoms. The van der Waals surface area contributed by atoms with Gasteiger partial charge in [-0.25, -0.2) is 14.3 Å². The van der Waals surface area contributed by atoms with Crippen LogP contribution in [0.2, 0.25) is 0 Å². The molecule has 1 fully saturated rings. The van der Waals surface area contributed by atoms with Crippen molar-refractivity contribution in [2.45, 2.75) is 31.5 Å². The van der Waals surface area contributed by atoms with E-state index >= 15 is 0 Å². The van der Waals surface area contributed by atoms with Gasteiger partial charge in [-0.3, -0.25) is 4.79 Å². The maximum atomic E-state index is 11.5. The van der Waals surface area contributed by atoms with Crippen LogP contribution in [-0.2, 0) is 29.3 Å². The van der Waals surface area contributed by atoms with Crippen LogP contribution in [0.3, 0.4) is 0 Å². The van der Waals surface area contributed by atoms with Crippen molar-refractivity contribution >= 4 is 23.5 Å². The number of nitriles is 1. The van der Waals surface area contributed by atoms with Gasteiger partial charge < -0.3 is 24.7 Å². The molecule has 0 aromatic carbocycles. The molecule has 0 saturated carbocycles. The number of aromatic nitrogens is 3. The van der Waals surface area contributed by atoms with Gasteiger partial charge in [-0.1, -0.05) is 0 Å². The first-order valence-corrected chi connectivity index (χ1v) is 8.06. The standard InChI is InChI=1S/C16H17N5O6/c1-10(22)25-9-26-15(23)24-6-11-4-5-16(7-17,27-11)13-3-2-12-14(18)19-8-20-21(12)13/h2-3,8,11H,4-6,9H2,1H3,(H2,18,19,20)/t11-,16-/m0/s1. The molecule has 3 rings (SSSR count). The molecular formula is C16H17N5O6. The summed E-state index contributed by atoms with van der Waals surface area (Å²) < 4.78 is 21.4. The fourth-order valence-corrected chi connectivity index (χ4v) is 2.83. The topological polar surface area (TPSA) is 151 Å². The van der Waals surface area contributed by atoms with E-state index in [0.29, 0.717) is 24.1 Å². The zero-order valence-corrected chi connectivity index (χ0v) is 14.5. The Hall–Kier alpha value is -3.39. The van der Waals surface area contributed by atoms with Crippen LogP contribution in [0.4, 0.5) is 10.6 Å². The summed E-state index contributed by atoms with van der Waals surface area (Å²) in [6, 6.07) is 5.60. The molecule has 1 aliphatic heterocycles. The third-order valence-electron chi connectivity index (χ3n) is 4.09. The quantitative estimate of drug-likeness (QED) is 0.589. The lowest BCUT2D eigenvalue weighted by Crippen LogP contribution is -2.29. The van der Waals surface area contributed by atoms with Crippen molar-refractivity contribution in [3.8, 4) is 6.07 Å². The lowest BCUT2D eigenvalue weighted by Gasteiger charge is -2.21. The van der Waals surface area contributed by atoms with Gasteiger partial charge in [-0.2, -0.15) is 10.4 Å². The molecule has 0 unspecified atom stereocenters. The third-order valence-corrected chi connectivity index (χ3v) is 4.09. The van der Waals surface area contributed by atoms with Crippen LogP contribution in [0.15, 0.2) is 18.5 Å². The Kier molecular flexibility index (Phi) is 5.09. The molecule has 0 aliphatic carbocycles. The predicted molar refractivity (Wildman–Crippen MR) is 87.9 cm³/mol. The van der Waals surface area contributed by atoms with E-state index in [2.05, 4.69) is 25.6 Å². The molecule has 3 heterocycles. The van der Waals surface area contributed by atoms with Crippen molar-refractivity contribution in [1.29, 1.82) is 5.26 Å². The van der Waals surface area contributed by atoms with Gasteiger partial charge in [0, 0.05) is 6.92 Å². The number of nitrogens with two attached hydrogens (primary N) is 1. The van der Waals surface area contributed by atoms with Crippen molar-refractivity contribution < 1.29 is 28.5 Å². The second-order valence-electron chi connectivity index (χ2n) is 5.84. The first kappa shape index (κ1) is 18.4. The Bertz CT molecular complexity index is 906. The van der Waals surface area contributed by atoms with Gasteiger partial charge >= 0.3 is 12.1 Å². The normalized spacial score (nSPS) is 21.6. The van der Waals surface area contributed by atoms with Crippen molar-refractivity contribution in [3.63, 3.8) is 0 Å². The van der Waals surface area contributed by atoms with Crippen molar-refractivity contribution in [1.82, 2.24) is 14.6 Å². The first-order valence-electron chi connectivity index (χ1n) is 8.06. The number of rotatable bonds is 5. The van der Waals surface area contributed by atoms with Crippen LogP contribution < -0.4 is 5.73 Å². The monoisotopic (exact) mass is 375 g/mol. The highest BCUT2D eigenvalue weighted by Crippen LogP contribution is 2.39. The largest absolute Gasteiger partial charge is 0.511 e. The molecule has 2 atom stereocenters. The molecule has 1 saturated heterocycles. The van der Waals surface area contributed by atoms with Gasteiger partial charge in [0.15, 0.2) is 11.4 Å². The molecule has 142 valence electrons. The maximum absolute atomic E-state index is 11.5. The average Bonchev–Trinajstić information content (AvgIpc) is 3.25. The molecule has 2 N–H and O–H groups in total. The van der Waals surface area contributed by atoms with Gasteiger partial charge in [-0.15, -0.1) is 0 Å². The molecule has 0 spiro atoms. The van der Waals surface area contributed by atoms with Crippen molar-refractivity contribution in [3.05, 3.63) is 24.2 Å². The van der Waals surface area contributed by atoms with E-state index < -0.39 is 30.6 Å². The SMILES string of the molecule is CC(=O)OCOC(=O)OC[C@@H]1CC[C@](C#N)(c2ccc3c(N)ncnn23)O1. The number of carbonyl (C=O) groups is 2. The minimum atomic E-state index is -1.25. The number of hydrogen-bond acceptors (Lipinski definition) is 10. The lowest BCUT2D eigenvalue weighted by atomic mass is 9.98. The van der Waals surface area contributed by atoms with Gasteiger partial charge in [-0.05, 0) is 25.0 Å². The highest BCUT2D eigenvalue weighted by atomic mass is 16.8. The Morgan fingerprint density at radius 2 is 2.26 bits per heavy atom. The number of esters is 1. The number of nitrogen functional groups attached to an aromatic ring is 1. The molecule has 0 radical (unpaired) electrons. The predicted octanol–water partition coefficient (Wildman–Crippen LogP) is 0.883. The first-order chi connectivity index (χ1) is 12.9. The second-order valence-corrected chi connectivity index (χ2v) is 5.84. The Balaban J connectivity index is 1.64. The molecule has 0 bridgehead atoms. The molecule has 2 aromatic heterocycles. The number of anilines is 1. The van der Waals surface area contributed by atoms with Gasteiger partial charge in [0.1, 0.15) is 24.5 Å². The number of fused-ring (bicyclic) bond motifs is 1. The van der Waals surface area contributed by atoms with Crippen LogP contribution in [0, 0.1) is 11.3 Å². The summed E-state index contributed by atoms with van der Waals surface area (Å²) >= 11 is 0. The van der Waals surface area contributed by atoms with Gasteiger partial charge in [0.05, 0.1) is 11.8 Å². The Labute approximate surface area is 153 Å². The molecule has 11 heteroatoms. The molecule has 11 nitrogen and oxygen atoms in total. The van der Waals surface area contributed by atoms with Gasteiger partial charge in [0.2, 0.25) is 6.79 Å². The van der Waals surface area contributed by atoms with E-state index in [1.54, 1.807) is 12.1 Å². The van der Waals surface area contributed by atoms with Crippen LogP contribution in [0.1, 0.15) is 25.5 Å². The van der Waals surface area contributed by atoms with Crippen molar-refractivity contribution in [2.24, 2.45) is 0 Å².